The Morgan fingerprint density at radius 1 is 1.31 bits per heavy atom. The van der Waals surface area contributed by atoms with Crippen molar-refractivity contribution in [2.75, 3.05) is 14.2 Å². The SMILES string of the molecule is CCC(OC)C(NN)c1ccccc1OC. The molecule has 4 nitrogen and oxygen atoms in total. The lowest BCUT2D eigenvalue weighted by atomic mass is 9.99. The van der Waals surface area contributed by atoms with E-state index in [0.29, 0.717) is 0 Å². The van der Waals surface area contributed by atoms with Gasteiger partial charge in [0.2, 0.25) is 0 Å². The van der Waals surface area contributed by atoms with Crippen LogP contribution >= 0.6 is 0 Å². The van der Waals surface area contributed by atoms with Crippen molar-refractivity contribution in [1.82, 2.24) is 5.43 Å². The van der Waals surface area contributed by atoms with Gasteiger partial charge in [-0.15, -0.1) is 0 Å². The maximum absolute atomic E-state index is 5.59. The molecule has 0 aromatic heterocycles. The third kappa shape index (κ3) is 2.72. The molecule has 2 atom stereocenters. The highest BCUT2D eigenvalue weighted by molar-refractivity contribution is 5.36. The minimum absolute atomic E-state index is 0.0290. The maximum Gasteiger partial charge on any atom is 0.123 e. The van der Waals surface area contributed by atoms with Crippen LogP contribution in [0.4, 0.5) is 0 Å². The molecule has 0 fully saturated rings. The van der Waals surface area contributed by atoms with Gasteiger partial charge < -0.3 is 9.47 Å². The maximum atomic E-state index is 5.59. The van der Waals surface area contributed by atoms with Crippen LogP contribution in [0.3, 0.4) is 0 Å². The summed E-state index contributed by atoms with van der Waals surface area (Å²) in [5.74, 6) is 6.42. The Balaban J connectivity index is 3.02. The van der Waals surface area contributed by atoms with Crippen molar-refractivity contribution >= 4 is 0 Å². The summed E-state index contributed by atoms with van der Waals surface area (Å²) in [6, 6.07) is 7.74. The van der Waals surface area contributed by atoms with E-state index in [9.17, 15) is 0 Å². The molecular weight excluding hydrogens is 204 g/mol. The van der Waals surface area contributed by atoms with E-state index in [0.717, 1.165) is 17.7 Å². The molecular formula is C12H20N2O2. The minimum Gasteiger partial charge on any atom is -0.496 e. The van der Waals surface area contributed by atoms with Gasteiger partial charge in [-0.3, -0.25) is 11.3 Å². The van der Waals surface area contributed by atoms with Crippen molar-refractivity contribution in [2.24, 2.45) is 5.84 Å². The predicted octanol–water partition coefficient (Wildman–Crippen LogP) is 1.62. The van der Waals surface area contributed by atoms with Gasteiger partial charge in [0.05, 0.1) is 19.3 Å². The third-order valence-electron chi connectivity index (χ3n) is 2.73. The molecule has 0 bridgehead atoms. The Labute approximate surface area is 96.7 Å². The van der Waals surface area contributed by atoms with Crippen LogP contribution in [0.15, 0.2) is 24.3 Å². The van der Waals surface area contributed by atoms with Gasteiger partial charge in [0.15, 0.2) is 0 Å². The second-order valence-corrected chi connectivity index (χ2v) is 3.57. The van der Waals surface area contributed by atoms with Crippen LogP contribution in [0.5, 0.6) is 5.75 Å². The lowest BCUT2D eigenvalue weighted by molar-refractivity contribution is 0.0643. The van der Waals surface area contributed by atoms with Gasteiger partial charge in [0.25, 0.3) is 0 Å². The van der Waals surface area contributed by atoms with Crippen molar-refractivity contribution < 1.29 is 9.47 Å². The fourth-order valence-corrected chi connectivity index (χ4v) is 1.86. The molecule has 0 aliphatic heterocycles. The molecule has 0 heterocycles. The topological polar surface area (TPSA) is 56.5 Å². The fraction of sp³-hybridized carbons (Fsp3) is 0.500. The van der Waals surface area contributed by atoms with Gasteiger partial charge in [-0.1, -0.05) is 25.1 Å². The third-order valence-corrected chi connectivity index (χ3v) is 2.73. The van der Waals surface area contributed by atoms with E-state index in [1.165, 1.54) is 0 Å². The summed E-state index contributed by atoms with van der Waals surface area (Å²) in [6.07, 6.45) is 0.907. The number of ether oxygens (including phenoxy) is 2. The van der Waals surface area contributed by atoms with Crippen LogP contribution in [-0.4, -0.2) is 20.3 Å². The van der Waals surface area contributed by atoms with E-state index < -0.39 is 0 Å². The predicted molar refractivity (Wildman–Crippen MR) is 64.1 cm³/mol. The van der Waals surface area contributed by atoms with E-state index in [4.69, 9.17) is 15.3 Å². The number of rotatable bonds is 6. The highest BCUT2D eigenvalue weighted by atomic mass is 16.5. The second kappa shape index (κ2) is 6.48. The van der Waals surface area contributed by atoms with Crippen LogP contribution < -0.4 is 16.0 Å². The zero-order valence-electron chi connectivity index (χ0n) is 10.1. The summed E-state index contributed by atoms with van der Waals surface area (Å²) in [7, 11) is 3.34. The first-order chi connectivity index (χ1) is 7.78. The van der Waals surface area contributed by atoms with E-state index in [1.807, 2.05) is 24.3 Å². The lowest BCUT2D eigenvalue weighted by Crippen LogP contribution is -2.37. The summed E-state index contributed by atoms with van der Waals surface area (Å²) in [5, 5.41) is 0. The van der Waals surface area contributed by atoms with Crippen molar-refractivity contribution in [3.05, 3.63) is 29.8 Å². The first kappa shape index (κ1) is 13.0. The first-order valence-electron chi connectivity index (χ1n) is 5.40. The molecule has 0 spiro atoms. The normalized spacial score (nSPS) is 14.5. The number of nitrogens with one attached hydrogen (secondary N) is 1. The monoisotopic (exact) mass is 224 g/mol. The van der Waals surface area contributed by atoms with Gasteiger partial charge >= 0.3 is 0 Å². The molecule has 1 aromatic rings. The molecule has 1 rings (SSSR count). The number of hydrogen-bond donors (Lipinski definition) is 2. The fourth-order valence-electron chi connectivity index (χ4n) is 1.86. The highest BCUT2D eigenvalue weighted by Gasteiger charge is 2.22. The number of nitrogens with two attached hydrogens (primary N) is 1. The highest BCUT2D eigenvalue weighted by Crippen LogP contribution is 2.28. The van der Waals surface area contributed by atoms with E-state index in [2.05, 4.69) is 12.3 Å². The van der Waals surface area contributed by atoms with E-state index in [-0.39, 0.29) is 12.1 Å². The molecule has 3 N–H and O–H groups in total. The molecule has 1 aromatic carbocycles. The van der Waals surface area contributed by atoms with Crippen molar-refractivity contribution in [2.45, 2.75) is 25.5 Å². The van der Waals surface area contributed by atoms with Crippen LogP contribution in [0.2, 0.25) is 0 Å². The van der Waals surface area contributed by atoms with Gasteiger partial charge in [0.1, 0.15) is 5.75 Å². The minimum atomic E-state index is -0.0638. The van der Waals surface area contributed by atoms with Crippen molar-refractivity contribution in [3.63, 3.8) is 0 Å². The Morgan fingerprint density at radius 2 is 2.00 bits per heavy atom. The summed E-state index contributed by atoms with van der Waals surface area (Å²) in [5.41, 5.74) is 3.80. The van der Waals surface area contributed by atoms with Crippen molar-refractivity contribution in [3.8, 4) is 5.75 Å². The molecule has 0 radical (unpaired) electrons. The lowest BCUT2D eigenvalue weighted by Gasteiger charge is -2.26. The zero-order chi connectivity index (χ0) is 12.0. The first-order valence-corrected chi connectivity index (χ1v) is 5.40. The van der Waals surface area contributed by atoms with Gasteiger partial charge in [-0.05, 0) is 12.5 Å². The molecule has 0 amide bonds. The Kier molecular flexibility index (Phi) is 5.25. The average molecular weight is 224 g/mol. The number of benzene rings is 1. The molecule has 90 valence electrons. The summed E-state index contributed by atoms with van der Waals surface area (Å²) < 4.78 is 10.7. The summed E-state index contributed by atoms with van der Waals surface area (Å²) in [4.78, 5) is 0. The number of para-hydroxylation sites is 1. The molecule has 0 aliphatic rings. The summed E-state index contributed by atoms with van der Waals surface area (Å²) in [6.45, 7) is 2.06. The van der Waals surface area contributed by atoms with Gasteiger partial charge in [0, 0.05) is 12.7 Å². The van der Waals surface area contributed by atoms with E-state index >= 15 is 0 Å². The van der Waals surface area contributed by atoms with Gasteiger partial charge in [-0.2, -0.15) is 0 Å². The Hall–Kier alpha value is -1.10. The zero-order valence-corrected chi connectivity index (χ0v) is 10.1. The average Bonchev–Trinajstić information content (AvgIpc) is 2.35. The van der Waals surface area contributed by atoms with Crippen LogP contribution in [0.1, 0.15) is 24.9 Å². The number of hydrogen-bond acceptors (Lipinski definition) is 4. The van der Waals surface area contributed by atoms with Crippen molar-refractivity contribution in [1.29, 1.82) is 0 Å². The van der Waals surface area contributed by atoms with E-state index in [1.54, 1.807) is 14.2 Å². The Morgan fingerprint density at radius 3 is 2.50 bits per heavy atom. The number of hydrazine groups is 1. The quantitative estimate of drug-likeness (QED) is 0.569. The van der Waals surface area contributed by atoms with Crippen LogP contribution in [-0.2, 0) is 4.74 Å². The molecule has 0 saturated heterocycles. The molecule has 0 aliphatic carbocycles. The van der Waals surface area contributed by atoms with Gasteiger partial charge in [-0.25, -0.2) is 0 Å². The largest absolute Gasteiger partial charge is 0.496 e. The summed E-state index contributed by atoms with van der Waals surface area (Å²) >= 11 is 0. The smallest absolute Gasteiger partial charge is 0.123 e. The molecule has 16 heavy (non-hydrogen) atoms. The number of methoxy groups -OCH3 is 2. The molecule has 2 unspecified atom stereocenters. The Bertz CT molecular complexity index is 314. The van der Waals surface area contributed by atoms with Crippen LogP contribution in [0, 0.1) is 0 Å². The molecule has 4 heteroatoms. The molecule has 0 saturated carbocycles. The standard InChI is InChI=1S/C12H20N2O2/c1-4-10(15-2)12(14-13)9-7-5-6-8-11(9)16-3/h5-8,10,12,14H,4,13H2,1-3H3. The van der Waals surface area contributed by atoms with Crippen LogP contribution in [0.25, 0.3) is 0 Å². The second-order valence-electron chi connectivity index (χ2n) is 3.57.